The fourth-order valence-electron chi connectivity index (χ4n) is 4.09. The summed E-state index contributed by atoms with van der Waals surface area (Å²) in [6.45, 7) is 8.99. The maximum Gasteiger partial charge on any atom is 0.255 e. The highest BCUT2D eigenvalue weighted by Gasteiger charge is 2.33. The molecule has 1 unspecified atom stereocenters. The zero-order valence-corrected chi connectivity index (χ0v) is 17.8. The normalized spacial score (nSPS) is 16.9. The second-order valence-corrected chi connectivity index (χ2v) is 8.00. The number of aryl methyl sites for hydroxylation is 1. The number of rotatable bonds is 4. The van der Waals surface area contributed by atoms with Gasteiger partial charge in [0.2, 0.25) is 5.91 Å². The van der Waals surface area contributed by atoms with Crippen molar-refractivity contribution in [3.05, 3.63) is 47.7 Å². The number of carbonyl (C=O) groups excluding carboxylic acids is 2. The van der Waals surface area contributed by atoms with Gasteiger partial charge in [-0.25, -0.2) is 9.67 Å². The molecule has 7 heteroatoms. The third-order valence-electron chi connectivity index (χ3n) is 5.69. The van der Waals surface area contributed by atoms with Crippen LogP contribution in [-0.4, -0.2) is 50.6 Å². The molecule has 2 amide bonds. The molecule has 1 fully saturated rings. The second kappa shape index (κ2) is 7.89. The summed E-state index contributed by atoms with van der Waals surface area (Å²) in [6, 6.07) is 9.49. The highest BCUT2D eigenvalue weighted by Crippen LogP contribution is 2.29. The van der Waals surface area contributed by atoms with E-state index in [0.717, 1.165) is 16.8 Å². The van der Waals surface area contributed by atoms with E-state index in [0.29, 0.717) is 36.1 Å². The molecule has 3 heterocycles. The number of piperazine rings is 1. The first-order valence-electron chi connectivity index (χ1n) is 10.4. The fraction of sp³-hybridized carbons (Fsp3) is 0.391. The van der Waals surface area contributed by atoms with Gasteiger partial charge in [0.05, 0.1) is 22.8 Å². The molecule has 0 saturated carbocycles. The molecular formula is C23H27N5O2. The van der Waals surface area contributed by atoms with E-state index in [-0.39, 0.29) is 17.9 Å². The van der Waals surface area contributed by atoms with Crippen LogP contribution in [0.5, 0.6) is 0 Å². The van der Waals surface area contributed by atoms with Gasteiger partial charge in [-0.1, -0.05) is 31.2 Å². The Hall–Kier alpha value is -3.22. The molecule has 1 saturated heterocycles. The standard InChI is InChI=1S/C23H27N5O2/c1-5-20-22(29)24-10-11-27(20)23(30)17-12-19(16-9-7-6-8-15(16)4)26-21-18(17)13-25-28(21)14(2)3/h6-9,12-14,20H,5,10-11H2,1-4H3,(H,24,29). The molecule has 0 radical (unpaired) electrons. The molecule has 4 rings (SSSR count). The summed E-state index contributed by atoms with van der Waals surface area (Å²) in [6.07, 6.45) is 2.28. The minimum atomic E-state index is -0.462. The molecule has 0 aliphatic carbocycles. The van der Waals surface area contributed by atoms with Gasteiger partial charge in [-0.05, 0) is 38.8 Å². The van der Waals surface area contributed by atoms with E-state index < -0.39 is 6.04 Å². The van der Waals surface area contributed by atoms with Gasteiger partial charge in [0.1, 0.15) is 6.04 Å². The SMILES string of the molecule is CCC1C(=O)NCCN1C(=O)c1cc(-c2ccccc2C)nc2c1cnn2C(C)C. The van der Waals surface area contributed by atoms with Crippen molar-refractivity contribution in [2.75, 3.05) is 13.1 Å². The van der Waals surface area contributed by atoms with E-state index in [1.807, 2.05) is 62.7 Å². The van der Waals surface area contributed by atoms with Crippen molar-refractivity contribution in [1.82, 2.24) is 25.0 Å². The van der Waals surface area contributed by atoms with Crippen LogP contribution in [0, 0.1) is 6.92 Å². The van der Waals surface area contributed by atoms with Crippen molar-refractivity contribution in [2.24, 2.45) is 0 Å². The lowest BCUT2D eigenvalue weighted by molar-refractivity contribution is -0.127. The largest absolute Gasteiger partial charge is 0.353 e. The van der Waals surface area contributed by atoms with Crippen molar-refractivity contribution in [3.8, 4) is 11.3 Å². The lowest BCUT2D eigenvalue weighted by atomic mass is 10.0. The number of nitrogens with one attached hydrogen (secondary N) is 1. The highest BCUT2D eigenvalue weighted by molar-refractivity contribution is 6.08. The third-order valence-corrected chi connectivity index (χ3v) is 5.69. The van der Waals surface area contributed by atoms with Gasteiger partial charge < -0.3 is 10.2 Å². The van der Waals surface area contributed by atoms with E-state index in [2.05, 4.69) is 10.4 Å². The summed E-state index contributed by atoms with van der Waals surface area (Å²) in [5.74, 6) is -0.248. The van der Waals surface area contributed by atoms with Crippen LogP contribution in [0.25, 0.3) is 22.3 Å². The molecule has 0 spiro atoms. The Morgan fingerprint density at radius 1 is 1.30 bits per heavy atom. The van der Waals surface area contributed by atoms with Crippen LogP contribution >= 0.6 is 0 Å². The number of nitrogens with zero attached hydrogens (tertiary/aromatic N) is 4. The van der Waals surface area contributed by atoms with Crippen molar-refractivity contribution < 1.29 is 9.59 Å². The molecule has 3 aromatic rings. The molecule has 1 N–H and O–H groups in total. The van der Waals surface area contributed by atoms with Gasteiger partial charge in [0, 0.05) is 24.7 Å². The number of carbonyl (C=O) groups is 2. The van der Waals surface area contributed by atoms with E-state index in [1.165, 1.54) is 0 Å². The Bertz CT molecular complexity index is 1120. The zero-order valence-electron chi connectivity index (χ0n) is 17.8. The number of hydrogen-bond donors (Lipinski definition) is 1. The predicted octanol–water partition coefficient (Wildman–Crippen LogP) is 3.34. The molecule has 0 bridgehead atoms. The van der Waals surface area contributed by atoms with E-state index in [9.17, 15) is 9.59 Å². The molecule has 156 valence electrons. The average molecular weight is 406 g/mol. The minimum absolute atomic E-state index is 0.0978. The summed E-state index contributed by atoms with van der Waals surface area (Å²) in [5, 5.41) is 8.07. The molecule has 1 atom stereocenters. The number of benzene rings is 1. The van der Waals surface area contributed by atoms with Crippen LogP contribution < -0.4 is 5.32 Å². The van der Waals surface area contributed by atoms with Crippen LogP contribution in [0.2, 0.25) is 0 Å². The molecule has 30 heavy (non-hydrogen) atoms. The molecule has 1 aliphatic heterocycles. The van der Waals surface area contributed by atoms with Gasteiger partial charge in [0.25, 0.3) is 5.91 Å². The van der Waals surface area contributed by atoms with E-state index >= 15 is 0 Å². The first-order valence-corrected chi connectivity index (χ1v) is 10.4. The molecule has 1 aliphatic rings. The number of pyridine rings is 1. The van der Waals surface area contributed by atoms with Crippen LogP contribution in [-0.2, 0) is 4.79 Å². The topological polar surface area (TPSA) is 80.1 Å². The maximum atomic E-state index is 13.7. The summed E-state index contributed by atoms with van der Waals surface area (Å²) in [7, 11) is 0. The molecular weight excluding hydrogens is 378 g/mol. The minimum Gasteiger partial charge on any atom is -0.353 e. The average Bonchev–Trinajstić information content (AvgIpc) is 3.17. The van der Waals surface area contributed by atoms with Crippen LogP contribution in [0.15, 0.2) is 36.5 Å². The lowest BCUT2D eigenvalue weighted by Crippen LogP contribution is -2.56. The second-order valence-electron chi connectivity index (χ2n) is 8.00. The van der Waals surface area contributed by atoms with Crippen molar-refractivity contribution in [2.45, 2.75) is 46.2 Å². The Balaban J connectivity index is 1.91. The summed E-state index contributed by atoms with van der Waals surface area (Å²) < 4.78 is 1.84. The number of fused-ring (bicyclic) bond motifs is 1. The van der Waals surface area contributed by atoms with Crippen LogP contribution in [0.4, 0.5) is 0 Å². The quantitative estimate of drug-likeness (QED) is 0.722. The van der Waals surface area contributed by atoms with Crippen molar-refractivity contribution in [3.63, 3.8) is 0 Å². The number of hydrogen-bond acceptors (Lipinski definition) is 4. The molecule has 2 aromatic heterocycles. The van der Waals surface area contributed by atoms with Crippen molar-refractivity contribution >= 4 is 22.8 Å². The third kappa shape index (κ3) is 3.34. The van der Waals surface area contributed by atoms with Gasteiger partial charge in [0.15, 0.2) is 5.65 Å². The summed E-state index contributed by atoms with van der Waals surface area (Å²) in [4.78, 5) is 32.5. The Labute approximate surface area is 176 Å². The van der Waals surface area contributed by atoms with E-state index in [1.54, 1.807) is 11.1 Å². The smallest absolute Gasteiger partial charge is 0.255 e. The molecule has 7 nitrogen and oxygen atoms in total. The monoisotopic (exact) mass is 405 g/mol. The zero-order chi connectivity index (χ0) is 21.4. The first-order chi connectivity index (χ1) is 14.4. The number of amides is 2. The Morgan fingerprint density at radius 2 is 2.07 bits per heavy atom. The van der Waals surface area contributed by atoms with E-state index in [4.69, 9.17) is 4.98 Å². The maximum absolute atomic E-state index is 13.7. The first kappa shape index (κ1) is 20.1. The summed E-state index contributed by atoms with van der Waals surface area (Å²) >= 11 is 0. The van der Waals surface area contributed by atoms with Crippen LogP contribution in [0.3, 0.4) is 0 Å². The molecule has 1 aromatic carbocycles. The van der Waals surface area contributed by atoms with Crippen molar-refractivity contribution in [1.29, 1.82) is 0 Å². The highest BCUT2D eigenvalue weighted by atomic mass is 16.2. The van der Waals surface area contributed by atoms with Crippen LogP contribution in [0.1, 0.15) is 49.2 Å². The lowest BCUT2D eigenvalue weighted by Gasteiger charge is -2.34. The van der Waals surface area contributed by atoms with Gasteiger partial charge >= 0.3 is 0 Å². The summed E-state index contributed by atoms with van der Waals surface area (Å²) in [5.41, 5.74) is 4.03. The Morgan fingerprint density at radius 3 is 2.77 bits per heavy atom. The van der Waals surface area contributed by atoms with Gasteiger partial charge in [-0.2, -0.15) is 5.10 Å². The number of aromatic nitrogens is 3. The Kier molecular flexibility index (Phi) is 5.28. The fourth-order valence-corrected chi connectivity index (χ4v) is 4.09. The van der Waals surface area contributed by atoms with Gasteiger partial charge in [-0.3, -0.25) is 9.59 Å². The van der Waals surface area contributed by atoms with Gasteiger partial charge in [-0.15, -0.1) is 0 Å². The predicted molar refractivity (Wildman–Crippen MR) is 116 cm³/mol.